The number of ether oxygens (including phenoxy) is 2. The highest BCUT2D eigenvalue weighted by atomic mass is 32.2. The Morgan fingerprint density at radius 2 is 1.77 bits per heavy atom. The van der Waals surface area contributed by atoms with Crippen LogP contribution in [0.15, 0.2) is 12.1 Å². The van der Waals surface area contributed by atoms with Gasteiger partial charge in [0.05, 0.1) is 13.7 Å². The number of hydrogen-bond donors (Lipinski definition) is 0. The highest BCUT2D eigenvalue weighted by Crippen LogP contribution is 2.32. The van der Waals surface area contributed by atoms with Gasteiger partial charge in [0.25, 0.3) is 10.2 Å². The van der Waals surface area contributed by atoms with Crippen LogP contribution in [-0.2, 0) is 21.5 Å². The molecule has 0 bridgehead atoms. The van der Waals surface area contributed by atoms with Gasteiger partial charge in [0, 0.05) is 32.8 Å². The smallest absolute Gasteiger partial charge is 0.282 e. The summed E-state index contributed by atoms with van der Waals surface area (Å²) >= 11 is 0. The van der Waals surface area contributed by atoms with Crippen LogP contribution in [0.5, 0.6) is 5.75 Å². The maximum Gasteiger partial charge on any atom is 0.282 e. The maximum absolute atomic E-state index is 13.8. The fourth-order valence-electron chi connectivity index (χ4n) is 4.93. The summed E-state index contributed by atoms with van der Waals surface area (Å²) < 4.78 is 42.0. The Kier molecular flexibility index (Phi) is 8.18. The van der Waals surface area contributed by atoms with E-state index in [1.807, 2.05) is 19.9 Å². The summed E-state index contributed by atoms with van der Waals surface area (Å²) in [5, 5.41) is 0. The third-order valence-electron chi connectivity index (χ3n) is 6.67. The lowest BCUT2D eigenvalue weighted by Gasteiger charge is -2.40. The molecule has 0 N–H and O–H groups in total. The van der Waals surface area contributed by atoms with Crippen molar-refractivity contribution in [3.8, 4) is 5.75 Å². The van der Waals surface area contributed by atoms with Gasteiger partial charge in [-0.1, -0.05) is 25.3 Å². The van der Waals surface area contributed by atoms with E-state index in [9.17, 15) is 8.42 Å². The van der Waals surface area contributed by atoms with Gasteiger partial charge >= 0.3 is 0 Å². The highest BCUT2D eigenvalue weighted by Gasteiger charge is 2.38. The van der Waals surface area contributed by atoms with Crippen LogP contribution >= 0.6 is 0 Å². The zero-order chi connectivity index (χ0) is 21.7. The van der Waals surface area contributed by atoms with E-state index in [1.54, 1.807) is 22.8 Å². The Morgan fingerprint density at radius 3 is 2.43 bits per heavy atom. The predicted octanol–water partition coefficient (Wildman–Crippen LogP) is 4.05. The first-order valence-corrected chi connectivity index (χ1v) is 12.7. The standard InChI is InChI=1S/C23H38N2O4S/c1-18-14-23(29-4)19(2)13-21(18)16-25(22-10-6-5-7-11-22)30(26,27)24-12-8-9-20(15-24)17-28-3/h13-14,20,22H,5-12,15-17H2,1-4H3. The lowest BCUT2D eigenvalue weighted by Crippen LogP contribution is -2.52. The Balaban J connectivity index is 1.89. The molecule has 2 fully saturated rings. The Hall–Kier alpha value is -1.15. The summed E-state index contributed by atoms with van der Waals surface area (Å²) in [6.45, 7) is 6.26. The predicted molar refractivity (Wildman–Crippen MR) is 120 cm³/mol. The van der Waals surface area contributed by atoms with Crippen LogP contribution in [0.4, 0.5) is 0 Å². The number of hydrogen-bond acceptors (Lipinski definition) is 4. The lowest BCUT2D eigenvalue weighted by molar-refractivity contribution is 0.114. The second-order valence-electron chi connectivity index (χ2n) is 8.91. The van der Waals surface area contributed by atoms with Crippen LogP contribution < -0.4 is 4.74 Å². The molecule has 0 spiro atoms. The molecule has 1 unspecified atom stereocenters. The fourth-order valence-corrected chi connectivity index (χ4v) is 6.88. The van der Waals surface area contributed by atoms with Crippen LogP contribution in [0.3, 0.4) is 0 Å². The first-order chi connectivity index (χ1) is 14.4. The highest BCUT2D eigenvalue weighted by molar-refractivity contribution is 7.86. The minimum absolute atomic E-state index is 0.0772. The molecular formula is C23H38N2O4S. The molecule has 1 aromatic rings. The summed E-state index contributed by atoms with van der Waals surface area (Å²) in [5.41, 5.74) is 3.18. The molecule has 0 amide bonds. The largest absolute Gasteiger partial charge is 0.496 e. The van der Waals surface area contributed by atoms with Gasteiger partial charge in [-0.05, 0) is 68.2 Å². The number of benzene rings is 1. The topological polar surface area (TPSA) is 59.1 Å². The van der Waals surface area contributed by atoms with Crippen molar-refractivity contribution in [1.82, 2.24) is 8.61 Å². The molecule has 1 saturated heterocycles. The van der Waals surface area contributed by atoms with Crippen LogP contribution in [-0.4, -0.2) is 57.0 Å². The van der Waals surface area contributed by atoms with E-state index in [-0.39, 0.29) is 12.0 Å². The van der Waals surface area contributed by atoms with E-state index in [2.05, 4.69) is 6.07 Å². The molecule has 30 heavy (non-hydrogen) atoms. The molecule has 1 atom stereocenters. The van der Waals surface area contributed by atoms with Crippen molar-refractivity contribution in [2.45, 2.75) is 71.4 Å². The van der Waals surface area contributed by atoms with Crippen molar-refractivity contribution in [2.75, 3.05) is 33.9 Å². The van der Waals surface area contributed by atoms with Crippen molar-refractivity contribution < 1.29 is 17.9 Å². The number of piperidine rings is 1. The van der Waals surface area contributed by atoms with Crippen molar-refractivity contribution in [2.24, 2.45) is 5.92 Å². The molecule has 3 rings (SSSR count). The van der Waals surface area contributed by atoms with Crippen LogP contribution in [0.25, 0.3) is 0 Å². The Morgan fingerprint density at radius 1 is 1.03 bits per heavy atom. The van der Waals surface area contributed by atoms with Crippen LogP contribution in [0.1, 0.15) is 61.6 Å². The number of rotatable bonds is 8. The number of aryl methyl sites for hydroxylation is 2. The van der Waals surface area contributed by atoms with Crippen LogP contribution in [0.2, 0.25) is 0 Å². The first kappa shape index (κ1) is 23.5. The third-order valence-corrected chi connectivity index (χ3v) is 8.67. The minimum Gasteiger partial charge on any atom is -0.496 e. The molecule has 0 radical (unpaired) electrons. The Bertz CT molecular complexity index is 804. The summed E-state index contributed by atoms with van der Waals surface area (Å²) in [4.78, 5) is 0. The number of nitrogens with zero attached hydrogens (tertiary/aromatic N) is 2. The molecule has 1 aliphatic heterocycles. The van der Waals surface area contributed by atoms with Gasteiger partial charge in [-0.2, -0.15) is 17.0 Å². The fraction of sp³-hybridized carbons (Fsp3) is 0.739. The quantitative estimate of drug-likeness (QED) is 0.614. The first-order valence-electron chi connectivity index (χ1n) is 11.3. The second-order valence-corrected chi connectivity index (χ2v) is 10.8. The number of methoxy groups -OCH3 is 2. The minimum atomic E-state index is -3.54. The van der Waals surface area contributed by atoms with Gasteiger partial charge in [-0.15, -0.1) is 0 Å². The van der Waals surface area contributed by atoms with Gasteiger partial charge in [0.15, 0.2) is 0 Å². The van der Waals surface area contributed by atoms with Crippen molar-refractivity contribution in [3.05, 3.63) is 28.8 Å². The van der Waals surface area contributed by atoms with Gasteiger partial charge in [0.1, 0.15) is 5.75 Å². The molecular weight excluding hydrogens is 400 g/mol. The molecule has 6 nitrogen and oxygen atoms in total. The average Bonchev–Trinajstić information content (AvgIpc) is 2.75. The van der Waals surface area contributed by atoms with Crippen LogP contribution in [0, 0.1) is 19.8 Å². The van der Waals surface area contributed by atoms with E-state index in [0.717, 1.165) is 61.0 Å². The molecule has 1 saturated carbocycles. The van der Waals surface area contributed by atoms with E-state index < -0.39 is 10.2 Å². The third kappa shape index (κ3) is 5.36. The average molecular weight is 439 g/mol. The summed E-state index contributed by atoms with van der Waals surface area (Å²) in [6.07, 6.45) is 7.22. The maximum atomic E-state index is 13.8. The van der Waals surface area contributed by atoms with E-state index in [1.165, 1.54) is 6.42 Å². The molecule has 0 aromatic heterocycles. The van der Waals surface area contributed by atoms with E-state index in [0.29, 0.717) is 26.2 Å². The monoisotopic (exact) mass is 438 g/mol. The zero-order valence-electron chi connectivity index (χ0n) is 19.0. The molecule has 7 heteroatoms. The summed E-state index contributed by atoms with van der Waals surface area (Å²) in [7, 11) is -0.174. The van der Waals surface area contributed by atoms with E-state index in [4.69, 9.17) is 9.47 Å². The van der Waals surface area contributed by atoms with Crippen molar-refractivity contribution in [3.63, 3.8) is 0 Å². The van der Waals surface area contributed by atoms with Gasteiger partial charge in [-0.3, -0.25) is 0 Å². The van der Waals surface area contributed by atoms with Crippen molar-refractivity contribution in [1.29, 1.82) is 0 Å². The SMILES string of the molecule is COCC1CCCN(S(=O)(=O)N(Cc2cc(C)c(OC)cc2C)C2CCCCC2)C1. The van der Waals surface area contributed by atoms with Gasteiger partial charge in [0.2, 0.25) is 0 Å². The molecule has 1 heterocycles. The van der Waals surface area contributed by atoms with Gasteiger partial charge < -0.3 is 9.47 Å². The Labute approximate surface area is 182 Å². The van der Waals surface area contributed by atoms with E-state index >= 15 is 0 Å². The molecule has 1 aromatic carbocycles. The summed E-state index contributed by atoms with van der Waals surface area (Å²) in [5.74, 6) is 1.12. The summed E-state index contributed by atoms with van der Waals surface area (Å²) in [6, 6.07) is 4.18. The zero-order valence-corrected chi connectivity index (χ0v) is 19.8. The van der Waals surface area contributed by atoms with Gasteiger partial charge in [-0.25, -0.2) is 0 Å². The normalized spacial score (nSPS) is 21.8. The molecule has 1 aliphatic carbocycles. The van der Waals surface area contributed by atoms with Crippen molar-refractivity contribution >= 4 is 10.2 Å². The molecule has 170 valence electrons. The second kappa shape index (κ2) is 10.4. The lowest BCUT2D eigenvalue weighted by atomic mass is 9.95. The molecule has 2 aliphatic rings.